The molecule has 0 spiro atoms. The minimum Gasteiger partial charge on any atom is -1.00 e. The molecule has 6 heteroatoms. The fourth-order valence-electron chi connectivity index (χ4n) is 0.380. The van der Waals surface area contributed by atoms with E-state index in [2.05, 4.69) is 10.6 Å². The molecule has 0 radical (unpaired) electrons. The number of primary amides is 1. The van der Waals surface area contributed by atoms with Crippen LogP contribution >= 0.6 is 0 Å². The number of hydrogen-bond acceptors (Lipinski definition) is 3. The predicted molar refractivity (Wildman–Crippen MR) is 43.9 cm³/mol. The van der Waals surface area contributed by atoms with Crippen molar-refractivity contribution in [2.45, 2.75) is 6.92 Å². The van der Waals surface area contributed by atoms with Crippen LogP contribution in [0, 0.1) is 0 Å². The molecule has 0 rings (SSSR count). The standard InChI is InChI=1S/C7H10N2O3.K.H/c1-2-3-4-5-6(10)12-9-7(8)11;;/h2-5H,1H3,(H3,8,9,11);;/q;+1;-1/b3-2+,5-4+;;. The van der Waals surface area contributed by atoms with Crippen LogP contribution < -0.4 is 62.6 Å². The summed E-state index contributed by atoms with van der Waals surface area (Å²) >= 11 is 0. The first-order valence-electron chi connectivity index (χ1n) is 3.22. The Morgan fingerprint density at radius 1 is 1.46 bits per heavy atom. The molecule has 68 valence electrons. The molecule has 0 aromatic carbocycles. The molecule has 0 aromatic rings. The van der Waals surface area contributed by atoms with Crippen molar-refractivity contribution in [2.24, 2.45) is 5.73 Å². The molecular formula is C7H11KN2O3. The Labute approximate surface area is 120 Å². The van der Waals surface area contributed by atoms with E-state index in [9.17, 15) is 9.59 Å². The second kappa shape index (κ2) is 9.94. The van der Waals surface area contributed by atoms with Gasteiger partial charge < -0.3 is 12.0 Å². The molecule has 0 aromatic heterocycles. The van der Waals surface area contributed by atoms with E-state index in [4.69, 9.17) is 0 Å². The molecule has 0 aliphatic carbocycles. The van der Waals surface area contributed by atoms with E-state index in [1.807, 2.05) is 0 Å². The molecule has 0 fully saturated rings. The van der Waals surface area contributed by atoms with E-state index in [1.54, 1.807) is 24.6 Å². The van der Waals surface area contributed by atoms with Gasteiger partial charge >= 0.3 is 63.4 Å². The number of nitrogens with one attached hydrogen (secondary N) is 1. The molecule has 2 amide bonds. The summed E-state index contributed by atoms with van der Waals surface area (Å²) in [5, 5.41) is 0. The van der Waals surface area contributed by atoms with Crippen LogP contribution in [0.5, 0.6) is 0 Å². The zero-order valence-corrected chi connectivity index (χ0v) is 10.7. The Kier molecular flexibility index (Phi) is 11.7. The van der Waals surface area contributed by atoms with Gasteiger partial charge in [-0.2, -0.15) is 5.48 Å². The summed E-state index contributed by atoms with van der Waals surface area (Å²) < 4.78 is 0. The largest absolute Gasteiger partial charge is 1.00 e. The molecule has 13 heavy (non-hydrogen) atoms. The smallest absolute Gasteiger partial charge is 1.00 e. The number of nitrogens with two attached hydrogens (primary N) is 1. The van der Waals surface area contributed by atoms with Gasteiger partial charge in [-0.15, -0.1) is 0 Å². The quantitative estimate of drug-likeness (QED) is 0.226. The summed E-state index contributed by atoms with van der Waals surface area (Å²) in [5.74, 6) is -0.688. The van der Waals surface area contributed by atoms with Crippen molar-refractivity contribution in [2.75, 3.05) is 0 Å². The second-order valence-electron chi connectivity index (χ2n) is 1.77. The summed E-state index contributed by atoms with van der Waals surface area (Å²) in [6.45, 7) is 1.80. The van der Waals surface area contributed by atoms with Crippen LogP contribution in [0.25, 0.3) is 0 Å². The van der Waals surface area contributed by atoms with Crippen LogP contribution in [0.1, 0.15) is 8.35 Å². The Hall–Kier alpha value is -0.144. The molecule has 0 aliphatic heterocycles. The Morgan fingerprint density at radius 3 is 2.54 bits per heavy atom. The first kappa shape index (κ1) is 15.3. The summed E-state index contributed by atoms with van der Waals surface area (Å²) in [4.78, 5) is 24.8. The number of carbonyl (C=O) groups excluding carboxylic acids is 2. The molecule has 0 saturated heterocycles. The third-order valence-electron chi connectivity index (χ3n) is 0.788. The molecular weight excluding hydrogens is 199 g/mol. The van der Waals surface area contributed by atoms with Crippen LogP contribution in [0.2, 0.25) is 0 Å². The number of hydrogen-bond donors (Lipinski definition) is 2. The first-order valence-corrected chi connectivity index (χ1v) is 3.22. The van der Waals surface area contributed by atoms with Crippen molar-refractivity contribution in [3.05, 3.63) is 24.3 Å². The Balaban J connectivity index is -0.000000605. The van der Waals surface area contributed by atoms with E-state index in [0.717, 1.165) is 6.08 Å². The summed E-state index contributed by atoms with van der Waals surface area (Å²) in [5.41, 5.74) is 6.32. The van der Waals surface area contributed by atoms with Crippen molar-refractivity contribution in [3.8, 4) is 0 Å². The van der Waals surface area contributed by atoms with Crippen LogP contribution in [0.3, 0.4) is 0 Å². The predicted octanol–water partition coefficient (Wildman–Crippen LogP) is -2.64. The van der Waals surface area contributed by atoms with Crippen molar-refractivity contribution in [1.82, 2.24) is 5.48 Å². The third-order valence-corrected chi connectivity index (χ3v) is 0.788. The summed E-state index contributed by atoms with van der Waals surface area (Å²) in [6, 6.07) is -0.914. The number of hydroxylamine groups is 1. The topological polar surface area (TPSA) is 81.4 Å². The van der Waals surface area contributed by atoms with E-state index >= 15 is 0 Å². The van der Waals surface area contributed by atoms with Crippen molar-refractivity contribution in [3.63, 3.8) is 0 Å². The third kappa shape index (κ3) is 11.9. The molecule has 0 bridgehead atoms. The fourth-order valence-corrected chi connectivity index (χ4v) is 0.380. The fraction of sp³-hybridized carbons (Fsp3) is 0.143. The number of allylic oxidation sites excluding steroid dienone is 3. The van der Waals surface area contributed by atoms with Crippen LogP contribution in [-0.2, 0) is 9.63 Å². The van der Waals surface area contributed by atoms with Gasteiger partial charge in [-0.1, -0.05) is 18.2 Å². The van der Waals surface area contributed by atoms with Gasteiger partial charge in [0.05, 0.1) is 0 Å². The van der Waals surface area contributed by atoms with Crippen LogP contribution in [0.4, 0.5) is 4.79 Å². The van der Waals surface area contributed by atoms with Crippen molar-refractivity contribution >= 4 is 12.0 Å². The molecule has 3 N–H and O–H groups in total. The van der Waals surface area contributed by atoms with Gasteiger partial charge in [0.25, 0.3) is 0 Å². The molecule has 0 atom stereocenters. The number of urea groups is 1. The average molecular weight is 210 g/mol. The van der Waals surface area contributed by atoms with Crippen molar-refractivity contribution in [1.29, 1.82) is 0 Å². The van der Waals surface area contributed by atoms with E-state index < -0.39 is 12.0 Å². The minimum absolute atomic E-state index is 0. The minimum atomic E-state index is -0.914. The number of carbonyl (C=O) groups is 2. The Bertz CT molecular complexity index is 231. The van der Waals surface area contributed by atoms with Gasteiger partial charge in [0.1, 0.15) is 0 Å². The Morgan fingerprint density at radius 2 is 2.08 bits per heavy atom. The number of amides is 2. The van der Waals surface area contributed by atoms with Crippen LogP contribution in [0.15, 0.2) is 24.3 Å². The second-order valence-corrected chi connectivity index (χ2v) is 1.77. The van der Waals surface area contributed by atoms with Gasteiger partial charge in [-0.3, -0.25) is 0 Å². The van der Waals surface area contributed by atoms with E-state index in [1.165, 1.54) is 6.08 Å². The van der Waals surface area contributed by atoms with Gasteiger partial charge in [0.2, 0.25) is 0 Å². The molecule has 0 heterocycles. The zero-order valence-electron chi connectivity index (χ0n) is 8.61. The van der Waals surface area contributed by atoms with Gasteiger partial charge in [0.15, 0.2) is 0 Å². The van der Waals surface area contributed by atoms with Crippen LogP contribution in [-0.4, -0.2) is 12.0 Å². The SMILES string of the molecule is C/C=C/C=C/C(=O)ONC(N)=O.[H-].[K+]. The molecule has 5 nitrogen and oxygen atoms in total. The van der Waals surface area contributed by atoms with Gasteiger partial charge in [-0.05, 0) is 6.92 Å². The maximum atomic E-state index is 10.6. The molecule has 0 aliphatic rings. The van der Waals surface area contributed by atoms with Crippen molar-refractivity contribution < 1.29 is 67.2 Å². The van der Waals surface area contributed by atoms with E-state index in [0.29, 0.717) is 0 Å². The van der Waals surface area contributed by atoms with E-state index in [-0.39, 0.29) is 52.8 Å². The number of rotatable bonds is 2. The zero-order chi connectivity index (χ0) is 9.40. The average Bonchev–Trinajstić information content (AvgIpc) is 2.01. The molecule has 0 unspecified atom stereocenters. The maximum absolute atomic E-state index is 10.6. The maximum Gasteiger partial charge on any atom is 1.00 e. The first-order chi connectivity index (χ1) is 5.66. The summed E-state index contributed by atoms with van der Waals surface area (Å²) in [6.07, 6.45) is 6.01. The van der Waals surface area contributed by atoms with Gasteiger partial charge in [-0.25, -0.2) is 9.59 Å². The summed E-state index contributed by atoms with van der Waals surface area (Å²) in [7, 11) is 0. The normalized spacial score (nSPS) is 9.62. The van der Waals surface area contributed by atoms with Gasteiger partial charge in [0, 0.05) is 6.08 Å². The monoisotopic (exact) mass is 210 g/mol. The molecule has 0 saturated carbocycles.